The van der Waals surface area contributed by atoms with Crippen molar-refractivity contribution in [3.63, 3.8) is 0 Å². The summed E-state index contributed by atoms with van der Waals surface area (Å²) in [4.78, 5) is 4.25. The first-order valence-corrected chi connectivity index (χ1v) is 8.61. The molecule has 0 radical (unpaired) electrons. The number of halogens is 1. The normalized spacial score (nSPS) is 11.3. The minimum atomic E-state index is -3.83. The van der Waals surface area contributed by atoms with Crippen LogP contribution in [0.1, 0.15) is 5.76 Å². The SMILES string of the molecule is O=S(=O)(c1cccc(Cl)c1)N(Cc1ccco1)c1ccccn1. The summed E-state index contributed by atoms with van der Waals surface area (Å²) in [5, 5.41) is 0.352. The molecule has 3 rings (SSSR count). The van der Waals surface area contributed by atoms with Gasteiger partial charge in [0.2, 0.25) is 0 Å². The van der Waals surface area contributed by atoms with Crippen LogP contribution in [0.4, 0.5) is 5.82 Å². The summed E-state index contributed by atoms with van der Waals surface area (Å²) in [6.45, 7) is 0.0405. The first-order valence-electron chi connectivity index (χ1n) is 6.79. The zero-order valence-corrected chi connectivity index (χ0v) is 13.5. The van der Waals surface area contributed by atoms with E-state index in [-0.39, 0.29) is 11.4 Å². The van der Waals surface area contributed by atoms with Crippen molar-refractivity contribution in [2.45, 2.75) is 11.4 Å². The van der Waals surface area contributed by atoms with E-state index in [2.05, 4.69) is 4.98 Å². The fraction of sp³-hybridized carbons (Fsp3) is 0.0625. The third-order valence-electron chi connectivity index (χ3n) is 3.17. The summed E-state index contributed by atoms with van der Waals surface area (Å²) in [7, 11) is -3.83. The summed E-state index contributed by atoms with van der Waals surface area (Å²) in [6, 6.07) is 14.6. The molecule has 0 atom stereocenters. The van der Waals surface area contributed by atoms with Crippen LogP contribution in [0.15, 0.2) is 76.4 Å². The van der Waals surface area contributed by atoms with Crippen LogP contribution in [-0.4, -0.2) is 13.4 Å². The third-order valence-corrected chi connectivity index (χ3v) is 5.15. The molecule has 0 saturated heterocycles. The fourth-order valence-corrected chi connectivity index (χ4v) is 3.78. The van der Waals surface area contributed by atoms with Crippen molar-refractivity contribution >= 4 is 27.4 Å². The van der Waals surface area contributed by atoms with Gasteiger partial charge in [-0.2, -0.15) is 0 Å². The van der Waals surface area contributed by atoms with Gasteiger partial charge in [-0.1, -0.05) is 23.7 Å². The Kier molecular flexibility index (Phi) is 4.36. The minimum Gasteiger partial charge on any atom is -0.467 e. The molecule has 0 fully saturated rings. The van der Waals surface area contributed by atoms with Crippen molar-refractivity contribution in [2.24, 2.45) is 0 Å². The first kappa shape index (κ1) is 15.6. The van der Waals surface area contributed by atoms with E-state index >= 15 is 0 Å². The van der Waals surface area contributed by atoms with Gasteiger partial charge in [0.15, 0.2) is 0 Å². The number of anilines is 1. The minimum absolute atomic E-state index is 0.0405. The smallest absolute Gasteiger partial charge is 0.265 e. The fourth-order valence-electron chi connectivity index (χ4n) is 2.09. The monoisotopic (exact) mass is 348 g/mol. The molecule has 0 aliphatic carbocycles. The van der Waals surface area contributed by atoms with E-state index in [4.69, 9.17) is 16.0 Å². The van der Waals surface area contributed by atoms with E-state index in [0.717, 1.165) is 0 Å². The van der Waals surface area contributed by atoms with Crippen LogP contribution in [0.5, 0.6) is 0 Å². The number of hydrogen-bond donors (Lipinski definition) is 0. The molecule has 2 aromatic heterocycles. The van der Waals surface area contributed by atoms with Gasteiger partial charge in [-0.15, -0.1) is 0 Å². The van der Waals surface area contributed by atoms with Crippen molar-refractivity contribution < 1.29 is 12.8 Å². The summed E-state index contributed by atoms with van der Waals surface area (Å²) in [6.07, 6.45) is 3.04. The standard InChI is InChI=1S/C16H13ClN2O3S/c17-13-5-3-7-15(11-13)23(20,21)19(12-14-6-4-10-22-14)16-8-1-2-9-18-16/h1-11H,12H2. The maximum Gasteiger partial charge on any atom is 0.265 e. The maximum atomic E-state index is 13.0. The Morgan fingerprint density at radius 2 is 1.96 bits per heavy atom. The van der Waals surface area contributed by atoms with Crippen LogP contribution in [0.2, 0.25) is 5.02 Å². The lowest BCUT2D eigenvalue weighted by Crippen LogP contribution is -2.31. The van der Waals surface area contributed by atoms with E-state index in [1.165, 1.54) is 28.9 Å². The molecule has 0 aliphatic rings. The number of aromatic nitrogens is 1. The van der Waals surface area contributed by atoms with Crippen LogP contribution in [0.25, 0.3) is 0 Å². The molecular formula is C16H13ClN2O3S. The maximum absolute atomic E-state index is 13.0. The highest BCUT2D eigenvalue weighted by Crippen LogP contribution is 2.25. The van der Waals surface area contributed by atoms with Crippen molar-refractivity contribution in [2.75, 3.05) is 4.31 Å². The Morgan fingerprint density at radius 1 is 1.09 bits per heavy atom. The summed E-state index contributed by atoms with van der Waals surface area (Å²) in [5.41, 5.74) is 0. The molecule has 3 aromatic rings. The second kappa shape index (κ2) is 6.44. The van der Waals surface area contributed by atoms with Gasteiger partial charge >= 0.3 is 0 Å². The zero-order chi connectivity index (χ0) is 16.3. The quantitative estimate of drug-likeness (QED) is 0.705. The molecule has 0 aliphatic heterocycles. The lowest BCUT2D eigenvalue weighted by molar-refractivity contribution is 0.508. The topological polar surface area (TPSA) is 63.4 Å². The summed E-state index contributed by atoms with van der Waals surface area (Å²) in [5.74, 6) is 0.824. The Balaban J connectivity index is 2.07. The zero-order valence-electron chi connectivity index (χ0n) is 12.0. The van der Waals surface area contributed by atoms with Crippen molar-refractivity contribution in [1.82, 2.24) is 4.98 Å². The average molecular weight is 349 g/mol. The molecule has 118 valence electrons. The van der Waals surface area contributed by atoms with Gasteiger partial charge in [0.25, 0.3) is 10.0 Å². The third kappa shape index (κ3) is 3.38. The molecule has 1 aromatic carbocycles. The largest absolute Gasteiger partial charge is 0.467 e. The molecular weight excluding hydrogens is 336 g/mol. The number of benzene rings is 1. The van der Waals surface area contributed by atoms with Crippen LogP contribution < -0.4 is 4.31 Å². The Labute approximate surface area is 139 Å². The molecule has 0 spiro atoms. The summed E-state index contributed by atoms with van der Waals surface area (Å²) >= 11 is 5.93. The van der Waals surface area contributed by atoms with Gasteiger partial charge in [0, 0.05) is 11.2 Å². The number of rotatable bonds is 5. The molecule has 0 saturated carbocycles. The van der Waals surface area contributed by atoms with Gasteiger partial charge in [-0.3, -0.25) is 0 Å². The molecule has 0 amide bonds. The Bertz CT molecular complexity index is 881. The van der Waals surface area contributed by atoms with Crippen molar-refractivity contribution in [3.8, 4) is 0 Å². The van der Waals surface area contributed by atoms with Gasteiger partial charge in [-0.05, 0) is 42.5 Å². The highest BCUT2D eigenvalue weighted by Gasteiger charge is 2.27. The predicted molar refractivity (Wildman–Crippen MR) is 87.8 cm³/mol. The molecule has 0 unspecified atom stereocenters. The van der Waals surface area contributed by atoms with Crippen LogP contribution >= 0.6 is 11.6 Å². The molecule has 5 nitrogen and oxygen atoms in total. The highest BCUT2D eigenvalue weighted by molar-refractivity contribution is 7.92. The van der Waals surface area contributed by atoms with E-state index in [1.54, 1.807) is 42.5 Å². The van der Waals surface area contributed by atoms with Gasteiger partial charge in [0.1, 0.15) is 11.6 Å². The van der Waals surface area contributed by atoms with Crippen molar-refractivity contribution in [3.05, 3.63) is 77.8 Å². The van der Waals surface area contributed by atoms with Gasteiger partial charge < -0.3 is 4.42 Å². The second-order valence-electron chi connectivity index (χ2n) is 4.74. The van der Waals surface area contributed by atoms with Gasteiger partial charge in [0.05, 0.1) is 17.7 Å². The van der Waals surface area contributed by atoms with E-state index in [0.29, 0.717) is 16.6 Å². The highest BCUT2D eigenvalue weighted by atomic mass is 35.5. The van der Waals surface area contributed by atoms with Gasteiger partial charge in [-0.25, -0.2) is 17.7 Å². The second-order valence-corrected chi connectivity index (χ2v) is 7.04. The number of pyridine rings is 1. The van der Waals surface area contributed by atoms with E-state index < -0.39 is 10.0 Å². The number of hydrogen-bond acceptors (Lipinski definition) is 4. The Morgan fingerprint density at radius 3 is 2.61 bits per heavy atom. The molecule has 0 N–H and O–H groups in total. The van der Waals surface area contributed by atoms with Crippen LogP contribution in [0, 0.1) is 0 Å². The summed E-state index contributed by atoms with van der Waals surface area (Å²) < 4.78 is 32.5. The first-order chi connectivity index (χ1) is 11.1. The van der Waals surface area contributed by atoms with Crippen LogP contribution in [0.3, 0.4) is 0 Å². The van der Waals surface area contributed by atoms with Crippen LogP contribution in [-0.2, 0) is 16.6 Å². The lowest BCUT2D eigenvalue weighted by atomic mass is 10.4. The molecule has 2 heterocycles. The number of sulfonamides is 1. The molecule has 23 heavy (non-hydrogen) atoms. The molecule has 7 heteroatoms. The number of furan rings is 1. The lowest BCUT2D eigenvalue weighted by Gasteiger charge is -2.22. The Hall–Kier alpha value is -2.31. The average Bonchev–Trinajstić information content (AvgIpc) is 3.06. The number of nitrogens with zero attached hydrogens (tertiary/aromatic N) is 2. The van der Waals surface area contributed by atoms with E-state index in [9.17, 15) is 8.42 Å². The molecule has 0 bridgehead atoms. The van der Waals surface area contributed by atoms with E-state index in [1.807, 2.05) is 0 Å². The predicted octanol–water partition coefficient (Wildman–Crippen LogP) is 3.72. The van der Waals surface area contributed by atoms with Crippen molar-refractivity contribution in [1.29, 1.82) is 0 Å².